The lowest BCUT2D eigenvalue weighted by Crippen LogP contribution is -2.27. The molecule has 2 rings (SSSR count). The molecule has 1 N–H and O–H groups in total. The van der Waals surface area contributed by atoms with Gasteiger partial charge >= 0.3 is 0 Å². The van der Waals surface area contributed by atoms with Gasteiger partial charge in [-0.2, -0.15) is 0 Å². The van der Waals surface area contributed by atoms with E-state index in [1.165, 1.54) is 57.8 Å². The smallest absolute Gasteiger partial charge is 0.223 e. The fourth-order valence-corrected chi connectivity index (χ4v) is 3.62. The predicted molar refractivity (Wildman–Crippen MR) is 75.3 cm³/mol. The highest BCUT2D eigenvalue weighted by atomic mass is 16.2. The Morgan fingerprint density at radius 2 is 1.61 bits per heavy atom. The second-order valence-electron chi connectivity index (χ2n) is 6.20. The van der Waals surface area contributed by atoms with Crippen molar-refractivity contribution in [3.8, 4) is 0 Å². The average molecular weight is 251 g/mol. The van der Waals surface area contributed by atoms with Gasteiger partial charge in [-0.05, 0) is 31.1 Å². The van der Waals surface area contributed by atoms with Gasteiger partial charge in [0.15, 0.2) is 0 Å². The van der Waals surface area contributed by atoms with Crippen LogP contribution in [-0.4, -0.2) is 12.5 Å². The fourth-order valence-electron chi connectivity index (χ4n) is 3.62. The van der Waals surface area contributed by atoms with E-state index in [4.69, 9.17) is 0 Å². The molecule has 0 aromatic heterocycles. The number of rotatable bonds is 8. The van der Waals surface area contributed by atoms with Gasteiger partial charge in [0.1, 0.15) is 0 Å². The average Bonchev–Trinajstić information content (AvgIpc) is 3.12. The Kier molecular flexibility index (Phi) is 5.52. The standard InChI is InChI=1S/C16H29NO/c1-2-3-4-5-6-9-12-17-16(18)15-13-10-7-8-11-14(13)15/h13-15H,2-12H2,1H3,(H,17,18). The van der Waals surface area contributed by atoms with Gasteiger partial charge in [-0.25, -0.2) is 0 Å². The molecule has 2 heteroatoms. The molecule has 2 unspecified atom stereocenters. The third-order valence-electron chi connectivity index (χ3n) is 4.79. The van der Waals surface area contributed by atoms with Gasteiger partial charge in [0.2, 0.25) is 5.91 Å². The highest BCUT2D eigenvalue weighted by Gasteiger charge is 2.54. The first-order valence-corrected chi connectivity index (χ1v) is 8.12. The van der Waals surface area contributed by atoms with Gasteiger partial charge in [0, 0.05) is 12.5 Å². The third-order valence-corrected chi connectivity index (χ3v) is 4.79. The Hall–Kier alpha value is -0.530. The van der Waals surface area contributed by atoms with Crippen molar-refractivity contribution < 1.29 is 4.79 Å². The topological polar surface area (TPSA) is 29.1 Å². The summed E-state index contributed by atoms with van der Waals surface area (Å²) in [6, 6.07) is 0. The van der Waals surface area contributed by atoms with Gasteiger partial charge in [-0.3, -0.25) is 4.79 Å². The summed E-state index contributed by atoms with van der Waals surface area (Å²) in [6.45, 7) is 3.15. The van der Waals surface area contributed by atoms with Crippen molar-refractivity contribution in [3.63, 3.8) is 0 Å². The monoisotopic (exact) mass is 251 g/mol. The molecule has 0 spiro atoms. The van der Waals surface area contributed by atoms with Gasteiger partial charge in [-0.1, -0.05) is 51.9 Å². The first-order valence-electron chi connectivity index (χ1n) is 8.12. The summed E-state index contributed by atoms with van der Waals surface area (Å²) in [5.41, 5.74) is 0. The number of carbonyl (C=O) groups excluding carboxylic acids is 1. The van der Waals surface area contributed by atoms with Crippen molar-refractivity contribution in [2.24, 2.45) is 17.8 Å². The van der Waals surface area contributed by atoms with Crippen LogP contribution >= 0.6 is 0 Å². The molecule has 2 nitrogen and oxygen atoms in total. The van der Waals surface area contributed by atoms with Gasteiger partial charge in [-0.15, -0.1) is 0 Å². The van der Waals surface area contributed by atoms with Crippen LogP contribution in [0.4, 0.5) is 0 Å². The SMILES string of the molecule is CCCCCCCCNC(=O)C1C2CCCCC21. The van der Waals surface area contributed by atoms with E-state index in [1.54, 1.807) is 0 Å². The van der Waals surface area contributed by atoms with E-state index in [2.05, 4.69) is 12.2 Å². The lowest BCUT2D eigenvalue weighted by molar-refractivity contribution is -0.122. The van der Waals surface area contributed by atoms with E-state index in [0.717, 1.165) is 24.8 Å². The van der Waals surface area contributed by atoms with Crippen molar-refractivity contribution in [2.45, 2.75) is 71.1 Å². The molecule has 0 saturated heterocycles. The summed E-state index contributed by atoms with van der Waals surface area (Å²) in [5, 5.41) is 3.15. The van der Waals surface area contributed by atoms with Crippen LogP contribution in [0.1, 0.15) is 71.1 Å². The molecule has 0 heterocycles. The van der Waals surface area contributed by atoms with E-state index < -0.39 is 0 Å². The van der Waals surface area contributed by atoms with Crippen molar-refractivity contribution in [3.05, 3.63) is 0 Å². The lowest BCUT2D eigenvalue weighted by atomic mass is 10.0. The van der Waals surface area contributed by atoms with Crippen molar-refractivity contribution in [2.75, 3.05) is 6.54 Å². The van der Waals surface area contributed by atoms with Crippen LogP contribution in [-0.2, 0) is 4.79 Å². The molecule has 2 saturated carbocycles. The van der Waals surface area contributed by atoms with E-state index in [0.29, 0.717) is 11.8 Å². The lowest BCUT2D eigenvalue weighted by Gasteiger charge is -2.04. The maximum Gasteiger partial charge on any atom is 0.223 e. The zero-order valence-corrected chi connectivity index (χ0v) is 11.9. The summed E-state index contributed by atoms with van der Waals surface area (Å²) in [5.74, 6) is 2.26. The molecule has 1 amide bonds. The summed E-state index contributed by atoms with van der Waals surface area (Å²) in [4.78, 5) is 12.0. The molecule has 2 fully saturated rings. The quantitative estimate of drug-likeness (QED) is 0.651. The molecule has 104 valence electrons. The molecular weight excluding hydrogens is 222 g/mol. The van der Waals surface area contributed by atoms with Crippen LogP contribution in [0.15, 0.2) is 0 Å². The molecule has 2 aliphatic carbocycles. The highest BCUT2D eigenvalue weighted by Crippen LogP contribution is 2.55. The van der Waals surface area contributed by atoms with Crippen LogP contribution in [0.2, 0.25) is 0 Å². The molecule has 2 atom stereocenters. The van der Waals surface area contributed by atoms with Crippen molar-refractivity contribution >= 4 is 5.91 Å². The Morgan fingerprint density at radius 1 is 1.00 bits per heavy atom. The van der Waals surface area contributed by atoms with Crippen LogP contribution in [0.3, 0.4) is 0 Å². The number of unbranched alkanes of at least 4 members (excludes halogenated alkanes) is 5. The fraction of sp³-hybridized carbons (Fsp3) is 0.938. The molecular formula is C16H29NO. The van der Waals surface area contributed by atoms with E-state index in [9.17, 15) is 4.79 Å². The molecule has 0 aliphatic heterocycles. The summed E-state index contributed by atoms with van der Waals surface area (Å²) in [6.07, 6.45) is 13.1. The number of hydrogen-bond acceptors (Lipinski definition) is 1. The maximum atomic E-state index is 12.0. The van der Waals surface area contributed by atoms with Crippen LogP contribution in [0.5, 0.6) is 0 Å². The highest BCUT2D eigenvalue weighted by molar-refractivity contribution is 5.82. The maximum absolute atomic E-state index is 12.0. The van der Waals surface area contributed by atoms with Gasteiger partial charge in [0.05, 0.1) is 0 Å². The minimum Gasteiger partial charge on any atom is -0.356 e. The van der Waals surface area contributed by atoms with Gasteiger partial charge in [0.25, 0.3) is 0 Å². The number of carbonyl (C=O) groups is 1. The molecule has 2 aliphatic rings. The van der Waals surface area contributed by atoms with Crippen molar-refractivity contribution in [1.82, 2.24) is 5.32 Å². The normalized spacial score (nSPS) is 29.7. The number of amides is 1. The molecule has 18 heavy (non-hydrogen) atoms. The zero-order chi connectivity index (χ0) is 12.8. The van der Waals surface area contributed by atoms with E-state index in [1.807, 2.05) is 0 Å². The molecule has 0 bridgehead atoms. The summed E-state index contributed by atoms with van der Waals surface area (Å²) in [7, 11) is 0. The first-order chi connectivity index (χ1) is 8.84. The largest absolute Gasteiger partial charge is 0.356 e. The molecule has 0 aromatic carbocycles. The number of nitrogens with one attached hydrogen (secondary N) is 1. The number of hydrogen-bond donors (Lipinski definition) is 1. The van der Waals surface area contributed by atoms with Crippen LogP contribution < -0.4 is 5.32 Å². The van der Waals surface area contributed by atoms with E-state index in [-0.39, 0.29) is 0 Å². The molecule has 0 radical (unpaired) electrons. The summed E-state index contributed by atoms with van der Waals surface area (Å²) >= 11 is 0. The predicted octanol–water partition coefficient (Wildman–Crippen LogP) is 3.90. The van der Waals surface area contributed by atoms with Crippen molar-refractivity contribution in [1.29, 1.82) is 0 Å². The minimum absolute atomic E-state index is 0.362. The van der Waals surface area contributed by atoms with Gasteiger partial charge < -0.3 is 5.32 Å². The third kappa shape index (κ3) is 3.73. The van der Waals surface area contributed by atoms with E-state index >= 15 is 0 Å². The first kappa shape index (κ1) is 13.9. The second kappa shape index (κ2) is 7.16. The minimum atomic E-state index is 0.362. The molecule has 0 aromatic rings. The Bertz CT molecular complexity index is 252. The summed E-state index contributed by atoms with van der Waals surface area (Å²) < 4.78 is 0. The van der Waals surface area contributed by atoms with Crippen LogP contribution in [0, 0.1) is 17.8 Å². The Balaban J connectivity index is 1.48. The number of fused-ring (bicyclic) bond motifs is 1. The Labute approximate surface area is 112 Å². The zero-order valence-electron chi connectivity index (χ0n) is 11.9. The Morgan fingerprint density at radius 3 is 2.28 bits per heavy atom. The second-order valence-corrected chi connectivity index (χ2v) is 6.20. The van der Waals surface area contributed by atoms with Crippen LogP contribution in [0.25, 0.3) is 0 Å².